The number of H-pyrrole nitrogens is 1. The van der Waals surface area contributed by atoms with Crippen LogP contribution in [0.2, 0.25) is 0 Å². The molecule has 13 nitrogen and oxygen atoms in total. The molecule has 2 amide bonds. The molecule has 3 aromatic heterocycles. The molecule has 1 aliphatic rings. The number of carbonyl (C=O) groups is 2. The number of halogens is 1. The Bertz CT molecular complexity index is 1380. The summed E-state index contributed by atoms with van der Waals surface area (Å²) < 4.78 is 25.1. The normalized spacial score (nSPS) is 13.5. The van der Waals surface area contributed by atoms with E-state index in [4.69, 9.17) is 14.8 Å². The number of rotatable bonds is 8. The quantitative estimate of drug-likeness (QED) is 0.272. The Morgan fingerprint density at radius 1 is 1.14 bits per heavy atom. The van der Waals surface area contributed by atoms with Crippen LogP contribution in [-0.4, -0.2) is 69.9 Å². The third kappa shape index (κ3) is 5.37. The zero-order chi connectivity index (χ0) is 25.8. The summed E-state index contributed by atoms with van der Waals surface area (Å²) in [6, 6.07) is 8.29. The number of nitrogens with two attached hydrogens (primary N) is 1. The van der Waals surface area contributed by atoms with Crippen molar-refractivity contribution in [2.24, 2.45) is 0 Å². The molecule has 37 heavy (non-hydrogen) atoms. The number of hydrogen-bond acceptors (Lipinski definition) is 10. The lowest BCUT2D eigenvalue weighted by Crippen LogP contribution is -2.51. The van der Waals surface area contributed by atoms with Gasteiger partial charge < -0.3 is 35.2 Å². The second-order valence-corrected chi connectivity index (χ2v) is 8.33. The fraction of sp³-hybridized carbons (Fsp3) is 0.261. The van der Waals surface area contributed by atoms with E-state index in [0.29, 0.717) is 61.2 Å². The fourth-order valence-corrected chi connectivity index (χ4v) is 3.97. The van der Waals surface area contributed by atoms with Crippen LogP contribution >= 0.6 is 0 Å². The summed E-state index contributed by atoms with van der Waals surface area (Å²) in [7, 11) is 0. The number of aromatic amines is 1. The molecule has 4 heterocycles. The summed E-state index contributed by atoms with van der Waals surface area (Å²) in [4.78, 5) is 28.1. The minimum absolute atomic E-state index is 0.135. The van der Waals surface area contributed by atoms with Crippen LogP contribution in [0.1, 0.15) is 16.1 Å². The molecule has 5 rings (SSSR count). The molecule has 1 fully saturated rings. The van der Waals surface area contributed by atoms with E-state index in [1.807, 2.05) is 4.90 Å². The van der Waals surface area contributed by atoms with Crippen molar-refractivity contribution in [2.45, 2.75) is 6.54 Å². The minimum atomic E-state index is -0.481. The molecule has 0 atom stereocenters. The van der Waals surface area contributed by atoms with Gasteiger partial charge in [-0.25, -0.2) is 4.39 Å². The molecular weight excluding hydrogens is 485 g/mol. The molecule has 0 unspecified atom stereocenters. The molecule has 4 aromatic rings. The standard InChI is InChI=1S/C23H24FN9O4/c24-17-9-14(18-10-15(37-30-18)11-26-20-3-8-36-31-20)1-2-19(17)32-4-6-33(7-5-32)21(34)13-27-23(35)16-12-28-29-22(16)25/h1-3,8-10,12H,4-7,11,13H2,(H,26,31)(H,27,35)(H3,25,28,29). The van der Waals surface area contributed by atoms with E-state index in [0.717, 1.165) is 0 Å². The van der Waals surface area contributed by atoms with Gasteiger partial charge in [-0.3, -0.25) is 14.7 Å². The molecule has 5 N–H and O–H groups in total. The van der Waals surface area contributed by atoms with Gasteiger partial charge in [-0.05, 0) is 12.1 Å². The lowest BCUT2D eigenvalue weighted by Gasteiger charge is -2.36. The van der Waals surface area contributed by atoms with Crippen molar-refractivity contribution in [3.8, 4) is 11.3 Å². The van der Waals surface area contributed by atoms with Gasteiger partial charge in [-0.1, -0.05) is 16.4 Å². The summed E-state index contributed by atoms with van der Waals surface area (Å²) in [5.74, 6) is 0.159. The summed E-state index contributed by atoms with van der Waals surface area (Å²) >= 11 is 0. The van der Waals surface area contributed by atoms with Crippen molar-refractivity contribution in [1.29, 1.82) is 0 Å². The Kier molecular flexibility index (Phi) is 6.70. The van der Waals surface area contributed by atoms with E-state index < -0.39 is 11.7 Å². The minimum Gasteiger partial charge on any atom is -0.383 e. The maximum absolute atomic E-state index is 15.0. The Morgan fingerprint density at radius 2 is 1.97 bits per heavy atom. The average Bonchev–Trinajstić information content (AvgIpc) is 3.68. The molecule has 0 bridgehead atoms. The number of piperazine rings is 1. The average molecular weight is 510 g/mol. The smallest absolute Gasteiger partial charge is 0.257 e. The molecule has 1 aliphatic heterocycles. The number of nitrogens with zero attached hydrogens (tertiary/aromatic N) is 5. The van der Waals surface area contributed by atoms with Gasteiger partial charge in [0.2, 0.25) is 5.91 Å². The van der Waals surface area contributed by atoms with Crippen LogP contribution in [-0.2, 0) is 11.3 Å². The number of amides is 2. The van der Waals surface area contributed by atoms with Gasteiger partial charge in [0.25, 0.3) is 5.91 Å². The molecule has 0 spiro atoms. The Morgan fingerprint density at radius 3 is 2.68 bits per heavy atom. The summed E-state index contributed by atoms with van der Waals surface area (Å²) in [5.41, 5.74) is 7.34. The number of nitrogens with one attached hydrogen (secondary N) is 3. The number of hydrogen-bond donors (Lipinski definition) is 4. The van der Waals surface area contributed by atoms with Gasteiger partial charge in [-0.2, -0.15) is 5.10 Å². The van der Waals surface area contributed by atoms with Gasteiger partial charge in [0, 0.05) is 43.9 Å². The largest absolute Gasteiger partial charge is 0.383 e. The first kappa shape index (κ1) is 23.8. The van der Waals surface area contributed by atoms with Crippen molar-refractivity contribution < 1.29 is 23.0 Å². The molecular formula is C23H24FN9O4. The molecule has 0 radical (unpaired) electrons. The van der Waals surface area contributed by atoms with Gasteiger partial charge in [0.15, 0.2) is 11.6 Å². The Hall–Kier alpha value is -4.88. The first-order valence-electron chi connectivity index (χ1n) is 11.5. The molecule has 1 aromatic carbocycles. The second-order valence-electron chi connectivity index (χ2n) is 8.33. The third-order valence-electron chi connectivity index (χ3n) is 5.97. The van der Waals surface area contributed by atoms with Crippen molar-refractivity contribution in [1.82, 2.24) is 30.7 Å². The van der Waals surface area contributed by atoms with Crippen LogP contribution in [0.25, 0.3) is 11.3 Å². The molecule has 0 aliphatic carbocycles. The highest BCUT2D eigenvalue weighted by Crippen LogP contribution is 2.27. The van der Waals surface area contributed by atoms with Crippen LogP contribution in [0.15, 0.2) is 51.8 Å². The van der Waals surface area contributed by atoms with E-state index >= 15 is 4.39 Å². The second kappa shape index (κ2) is 10.4. The molecule has 192 valence electrons. The van der Waals surface area contributed by atoms with E-state index in [1.54, 1.807) is 29.2 Å². The summed E-state index contributed by atoms with van der Waals surface area (Å²) in [6.45, 7) is 1.88. The highest BCUT2D eigenvalue weighted by atomic mass is 19.1. The maximum atomic E-state index is 15.0. The van der Waals surface area contributed by atoms with E-state index in [9.17, 15) is 9.59 Å². The van der Waals surface area contributed by atoms with Gasteiger partial charge in [-0.15, -0.1) is 0 Å². The van der Waals surface area contributed by atoms with Crippen LogP contribution in [0.5, 0.6) is 0 Å². The monoisotopic (exact) mass is 509 g/mol. The van der Waals surface area contributed by atoms with Crippen molar-refractivity contribution in [2.75, 3.05) is 48.7 Å². The maximum Gasteiger partial charge on any atom is 0.257 e. The van der Waals surface area contributed by atoms with Crippen molar-refractivity contribution in [3.05, 3.63) is 59.9 Å². The highest BCUT2D eigenvalue weighted by Gasteiger charge is 2.24. The number of nitrogen functional groups attached to an aromatic ring is 1. The number of anilines is 3. The van der Waals surface area contributed by atoms with E-state index in [1.165, 1.54) is 18.5 Å². The summed E-state index contributed by atoms with van der Waals surface area (Å²) in [5, 5.41) is 19.5. The SMILES string of the molecule is Nc1[nH]ncc1C(=O)NCC(=O)N1CCN(c2ccc(-c3cc(CNc4ccon4)on3)cc2F)CC1. The fourth-order valence-electron chi connectivity index (χ4n) is 3.97. The predicted octanol–water partition coefficient (Wildman–Crippen LogP) is 1.46. The highest BCUT2D eigenvalue weighted by molar-refractivity contribution is 5.99. The molecule has 1 saturated heterocycles. The number of carbonyl (C=O) groups excluding carboxylic acids is 2. The van der Waals surface area contributed by atoms with Crippen LogP contribution < -0.4 is 21.3 Å². The lowest BCUT2D eigenvalue weighted by atomic mass is 10.1. The zero-order valence-corrected chi connectivity index (χ0v) is 19.6. The van der Waals surface area contributed by atoms with Gasteiger partial charge in [0.1, 0.15) is 29.2 Å². The Balaban J connectivity index is 1.13. The lowest BCUT2D eigenvalue weighted by molar-refractivity contribution is -0.130. The number of aromatic nitrogens is 4. The van der Waals surface area contributed by atoms with Gasteiger partial charge >= 0.3 is 0 Å². The summed E-state index contributed by atoms with van der Waals surface area (Å²) in [6.07, 6.45) is 2.75. The first-order valence-corrected chi connectivity index (χ1v) is 11.5. The van der Waals surface area contributed by atoms with Crippen LogP contribution in [0.3, 0.4) is 0 Å². The van der Waals surface area contributed by atoms with Gasteiger partial charge in [0.05, 0.1) is 25.0 Å². The molecule has 14 heteroatoms. The van der Waals surface area contributed by atoms with Crippen LogP contribution in [0.4, 0.5) is 21.7 Å². The van der Waals surface area contributed by atoms with E-state index in [2.05, 4.69) is 31.1 Å². The Labute approximate surface area is 209 Å². The first-order chi connectivity index (χ1) is 18.0. The topological polar surface area (TPSA) is 171 Å². The number of benzene rings is 1. The predicted molar refractivity (Wildman–Crippen MR) is 130 cm³/mol. The van der Waals surface area contributed by atoms with Crippen LogP contribution in [0, 0.1) is 5.82 Å². The van der Waals surface area contributed by atoms with Crippen molar-refractivity contribution in [3.63, 3.8) is 0 Å². The van der Waals surface area contributed by atoms with E-state index in [-0.39, 0.29) is 23.8 Å². The third-order valence-corrected chi connectivity index (χ3v) is 5.97. The molecule has 0 saturated carbocycles. The zero-order valence-electron chi connectivity index (χ0n) is 19.6. The van der Waals surface area contributed by atoms with Crippen molar-refractivity contribution >= 4 is 29.1 Å².